The van der Waals surface area contributed by atoms with Gasteiger partial charge in [0.25, 0.3) is 0 Å². The molecule has 0 amide bonds. The van der Waals surface area contributed by atoms with Crippen molar-refractivity contribution in [3.63, 3.8) is 0 Å². The van der Waals surface area contributed by atoms with Crippen LogP contribution in [0.1, 0.15) is 61.4 Å². The number of unbranched alkanes of at least 4 members (excludes halogenated alkanes) is 5. The third kappa shape index (κ3) is 7.34. The van der Waals surface area contributed by atoms with Gasteiger partial charge in [0.15, 0.2) is 23.2 Å². The van der Waals surface area contributed by atoms with E-state index in [-0.39, 0.29) is 29.2 Å². The van der Waals surface area contributed by atoms with Crippen molar-refractivity contribution in [3.8, 4) is 33.8 Å². The Balaban J connectivity index is 1.40. The number of hydrogen-bond acceptors (Lipinski definition) is 3. The lowest BCUT2D eigenvalue weighted by atomic mass is 9.98. The first-order valence-electron chi connectivity index (χ1n) is 13.8. The summed E-state index contributed by atoms with van der Waals surface area (Å²) >= 11 is 0. The van der Waals surface area contributed by atoms with Crippen molar-refractivity contribution >= 4 is 5.97 Å². The van der Waals surface area contributed by atoms with Crippen LogP contribution in [0.3, 0.4) is 0 Å². The molecule has 0 fully saturated rings. The Kier molecular flexibility index (Phi) is 10.2. The molecule has 214 valence electrons. The highest BCUT2D eigenvalue weighted by molar-refractivity contribution is 5.91. The summed E-state index contributed by atoms with van der Waals surface area (Å²) in [5, 5.41) is 0. The molecule has 4 rings (SSSR count). The molecule has 0 N–H and O–H groups in total. The monoisotopic (exact) mass is 564 g/mol. The van der Waals surface area contributed by atoms with Gasteiger partial charge in [-0.15, -0.1) is 0 Å². The van der Waals surface area contributed by atoms with Gasteiger partial charge < -0.3 is 9.47 Å². The molecule has 0 aliphatic carbocycles. The Morgan fingerprint density at radius 3 is 1.80 bits per heavy atom. The molecule has 0 aromatic heterocycles. The Morgan fingerprint density at radius 1 is 0.634 bits per heavy atom. The van der Waals surface area contributed by atoms with Gasteiger partial charge in [-0.2, -0.15) is 4.39 Å². The van der Waals surface area contributed by atoms with Gasteiger partial charge in [-0.1, -0.05) is 93.1 Å². The van der Waals surface area contributed by atoms with E-state index in [0.717, 1.165) is 43.7 Å². The van der Waals surface area contributed by atoms with Gasteiger partial charge in [0, 0.05) is 11.1 Å². The molecule has 0 radical (unpaired) electrons. The highest BCUT2D eigenvalue weighted by atomic mass is 19.2. The van der Waals surface area contributed by atoms with E-state index in [4.69, 9.17) is 9.47 Å². The first kappa shape index (κ1) is 29.8. The minimum atomic E-state index is -1.36. The van der Waals surface area contributed by atoms with Crippen LogP contribution in [-0.2, 0) is 0 Å². The molecule has 0 saturated heterocycles. The fraction of sp³-hybridized carbons (Fsp3) is 0.265. The summed E-state index contributed by atoms with van der Waals surface area (Å²) in [6, 6.07) is 18.0. The highest BCUT2D eigenvalue weighted by Crippen LogP contribution is 2.32. The fourth-order valence-corrected chi connectivity index (χ4v) is 4.46. The molecule has 0 aliphatic rings. The number of hydrogen-bond donors (Lipinski definition) is 0. The maximum Gasteiger partial charge on any atom is 0.346 e. The molecular formula is C34H32F4O3. The number of carbonyl (C=O) groups excluding carboxylic acids is 1. The maximum atomic E-state index is 15.0. The summed E-state index contributed by atoms with van der Waals surface area (Å²) < 4.78 is 69.6. The third-order valence-corrected chi connectivity index (χ3v) is 6.84. The van der Waals surface area contributed by atoms with Crippen molar-refractivity contribution in [2.45, 2.75) is 52.4 Å². The van der Waals surface area contributed by atoms with Crippen molar-refractivity contribution in [2.75, 3.05) is 6.61 Å². The van der Waals surface area contributed by atoms with E-state index in [9.17, 15) is 22.4 Å². The highest BCUT2D eigenvalue weighted by Gasteiger charge is 2.22. The first-order chi connectivity index (χ1) is 19.8. The molecule has 0 aliphatic heterocycles. The zero-order valence-electron chi connectivity index (χ0n) is 23.1. The van der Waals surface area contributed by atoms with E-state index < -0.39 is 34.8 Å². The summed E-state index contributed by atoms with van der Waals surface area (Å²) in [6.07, 6.45) is 6.17. The lowest BCUT2D eigenvalue weighted by molar-refractivity contribution is 0.0728. The van der Waals surface area contributed by atoms with Crippen LogP contribution in [0.4, 0.5) is 17.6 Å². The van der Waals surface area contributed by atoms with Crippen molar-refractivity contribution in [1.29, 1.82) is 0 Å². The summed E-state index contributed by atoms with van der Waals surface area (Å²) in [6.45, 7) is 4.29. The van der Waals surface area contributed by atoms with Crippen LogP contribution in [0.2, 0.25) is 0 Å². The van der Waals surface area contributed by atoms with Crippen molar-refractivity contribution < 1.29 is 31.8 Å². The zero-order valence-corrected chi connectivity index (χ0v) is 23.1. The molecule has 0 bridgehead atoms. The molecular weight excluding hydrogens is 532 g/mol. The minimum Gasteiger partial charge on any atom is -0.490 e. The van der Waals surface area contributed by atoms with Gasteiger partial charge in [-0.25, -0.2) is 18.0 Å². The number of benzene rings is 4. The standard InChI is InChI=1S/C34H32F4O3/c1-3-4-5-6-7-8-21-40-29-20-19-28(32(37)33(29)38)34(39)41-25-15-13-24(14-16-25)27-18-17-26(30(35)31(27)36)23-11-9-22(2)10-12-23/h9-20H,3-8,21H2,1-2H3. The molecule has 7 heteroatoms. The molecule has 3 nitrogen and oxygen atoms in total. The number of carbonyl (C=O) groups is 1. The molecule has 0 saturated carbocycles. The van der Waals surface area contributed by atoms with Crippen LogP contribution < -0.4 is 9.47 Å². The first-order valence-corrected chi connectivity index (χ1v) is 13.8. The quantitative estimate of drug-likeness (QED) is 0.0744. The predicted octanol–water partition coefficient (Wildman–Crippen LogP) is 9.84. The number of halogens is 4. The molecule has 0 heterocycles. The van der Waals surface area contributed by atoms with Crippen LogP contribution >= 0.6 is 0 Å². The number of ether oxygens (including phenoxy) is 2. The van der Waals surface area contributed by atoms with E-state index in [1.807, 2.05) is 19.1 Å². The third-order valence-electron chi connectivity index (χ3n) is 6.84. The summed E-state index contributed by atoms with van der Waals surface area (Å²) in [5.41, 5.74) is 1.50. The van der Waals surface area contributed by atoms with Crippen molar-refractivity contribution in [1.82, 2.24) is 0 Å². The second-order valence-electron chi connectivity index (χ2n) is 9.92. The number of aryl methyl sites for hydroxylation is 1. The largest absolute Gasteiger partial charge is 0.490 e. The topological polar surface area (TPSA) is 35.5 Å². The molecule has 41 heavy (non-hydrogen) atoms. The summed E-state index contributed by atoms with van der Waals surface area (Å²) in [5.74, 6) is -5.94. The maximum absolute atomic E-state index is 15.0. The normalized spacial score (nSPS) is 11.0. The molecule has 4 aromatic carbocycles. The zero-order chi connectivity index (χ0) is 29.4. The van der Waals surface area contributed by atoms with Crippen LogP contribution in [0.25, 0.3) is 22.3 Å². The number of esters is 1. The molecule has 0 spiro atoms. The van der Waals surface area contributed by atoms with E-state index >= 15 is 0 Å². The van der Waals surface area contributed by atoms with E-state index in [0.29, 0.717) is 11.1 Å². The predicted molar refractivity (Wildman–Crippen MR) is 152 cm³/mol. The van der Waals surface area contributed by atoms with E-state index in [2.05, 4.69) is 6.92 Å². The van der Waals surface area contributed by atoms with Gasteiger partial charge >= 0.3 is 5.97 Å². The SMILES string of the molecule is CCCCCCCCOc1ccc(C(=O)Oc2ccc(-c3ccc(-c4ccc(C)cc4)c(F)c3F)cc2)c(F)c1F. The Hall–Kier alpha value is -4.13. The van der Waals surface area contributed by atoms with Crippen molar-refractivity contribution in [3.05, 3.63) is 107 Å². The minimum absolute atomic E-state index is 0.0270. The Morgan fingerprint density at radius 2 is 1.20 bits per heavy atom. The van der Waals surface area contributed by atoms with Crippen molar-refractivity contribution in [2.24, 2.45) is 0 Å². The van der Waals surface area contributed by atoms with Gasteiger partial charge in [-0.05, 0) is 48.7 Å². The average Bonchev–Trinajstić information content (AvgIpc) is 2.97. The lowest BCUT2D eigenvalue weighted by Gasteiger charge is -2.11. The molecule has 0 unspecified atom stereocenters. The second-order valence-corrected chi connectivity index (χ2v) is 9.92. The smallest absolute Gasteiger partial charge is 0.346 e. The van der Waals surface area contributed by atoms with Crippen LogP contribution in [-0.4, -0.2) is 12.6 Å². The van der Waals surface area contributed by atoms with Crippen LogP contribution in [0.15, 0.2) is 72.8 Å². The van der Waals surface area contributed by atoms with Crippen LogP contribution in [0.5, 0.6) is 11.5 Å². The van der Waals surface area contributed by atoms with Gasteiger partial charge in [0.05, 0.1) is 12.2 Å². The van der Waals surface area contributed by atoms with Gasteiger partial charge in [0.1, 0.15) is 5.75 Å². The number of rotatable bonds is 12. The molecule has 0 atom stereocenters. The summed E-state index contributed by atoms with van der Waals surface area (Å²) in [7, 11) is 0. The lowest BCUT2D eigenvalue weighted by Crippen LogP contribution is -2.12. The summed E-state index contributed by atoms with van der Waals surface area (Å²) in [4.78, 5) is 12.6. The molecule has 4 aromatic rings. The Bertz CT molecular complexity index is 1480. The van der Waals surface area contributed by atoms with Gasteiger partial charge in [0.2, 0.25) is 5.82 Å². The van der Waals surface area contributed by atoms with Gasteiger partial charge in [-0.3, -0.25) is 0 Å². The average molecular weight is 565 g/mol. The van der Waals surface area contributed by atoms with Crippen LogP contribution in [0, 0.1) is 30.2 Å². The van der Waals surface area contributed by atoms with E-state index in [1.165, 1.54) is 48.9 Å². The van der Waals surface area contributed by atoms with E-state index in [1.54, 1.807) is 12.1 Å². The fourth-order valence-electron chi connectivity index (χ4n) is 4.46. The second kappa shape index (κ2) is 14.0. The Labute approximate surface area is 237 Å².